The fraction of sp³-hybridized carbons (Fsp3) is 0.417. The van der Waals surface area contributed by atoms with E-state index in [0.29, 0.717) is 18.2 Å². The van der Waals surface area contributed by atoms with Gasteiger partial charge in [0.15, 0.2) is 15.0 Å². The second-order valence-electron chi connectivity index (χ2n) is 7.75. The van der Waals surface area contributed by atoms with Crippen molar-refractivity contribution in [1.82, 2.24) is 9.88 Å². The second-order valence-corrected chi connectivity index (χ2v) is 10.9. The number of aryl methyl sites for hydroxylation is 1. The lowest BCUT2D eigenvalue weighted by Gasteiger charge is -2.24. The Morgan fingerprint density at radius 2 is 1.73 bits per heavy atom. The zero-order chi connectivity index (χ0) is 24.0. The van der Waals surface area contributed by atoms with E-state index in [-0.39, 0.29) is 23.0 Å². The van der Waals surface area contributed by atoms with E-state index in [1.54, 1.807) is 4.90 Å². The molecule has 0 atom stereocenters. The van der Waals surface area contributed by atoms with Crippen LogP contribution in [-0.2, 0) is 21.1 Å². The highest BCUT2D eigenvalue weighted by molar-refractivity contribution is 7.91. The molecule has 0 fully saturated rings. The third kappa shape index (κ3) is 6.37. The summed E-state index contributed by atoms with van der Waals surface area (Å²) in [6, 6.07) is 10.7. The number of fused-ring (bicyclic) bond motifs is 1. The van der Waals surface area contributed by atoms with Crippen molar-refractivity contribution in [1.29, 1.82) is 0 Å². The minimum Gasteiger partial charge on any atom is -0.302 e. The molecule has 0 bridgehead atoms. The summed E-state index contributed by atoms with van der Waals surface area (Å²) in [6.45, 7) is 9.03. The van der Waals surface area contributed by atoms with Gasteiger partial charge < -0.3 is 4.90 Å². The van der Waals surface area contributed by atoms with Crippen molar-refractivity contribution in [3.63, 3.8) is 0 Å². The predicted molar refractivity (Wildman–Crippen MR) is 132 cm³/mol. The Balaban J connectivity index is 1.82. The highest BCUT2D eigenvalue weighted by atomic mass is 32.2. The number of nitrogens with zero attached hydrogens (tertiary/aromatic N) is 3. The van der Waals surface area contributed by atoms with Crippen LogP contribution in [-0.4, -0.2) is 56.1 Å². The third-order valence-corrected chi connectivity index (χ3v) is 8.45. The number of anilines is 1. The van der Waals surface area contributed by atoms with Crippen molar-refractivity contribution in [3.8, 4) is 0 Å². The van der Waals surface area contributed by atoms with Gasteiger partial charge in [0.25, 0.3) is 0 Å². The molecule has 0 aliphatic heterocycles. The maximum absolute atomic E-state index is 13.2. The first-order valence-electron chi connectivity index (χ1n) is 11.2. The van der Waals surface area contributed by atoms with Crippen LogP contribution in [0.1, 0.15) is 32.8 Å². The Bertz CT molecular complexity index is 1190. The minimum absolute atomic E-state index is 0.0125. The number of hydrogen-bond donors (Lipinski definition) is 0. The van der Waals surface area contributed by atoms with E-state index < -0.39 is 15.7 Å². The average molecular weight is 492 g/mol. The molecule has 0 aliphatic rings. The van der Waals surface area contributed by atoms with Gasteiger partial charge in [-0.2, -0.15) is 0 Å². The minimum atomic E-state index is -3.70. The predicted octanol–water partition coefficient (Wildman–Crippen LogP) is 4.54. The van der Waals surface area contributed by atoms with Crippen molar-refractivity contribution < 1.29 is 17.6 Å². The number of amides is 1. The highest BCUT2D eigenvalue weighted by Gasteiger charge is 2.23. The van der Waals surface area contributed by atoms with Crippen LogP contribution in [0.5, 0.6) is 0 Å². The summed E-state index contributed by atoms with van der Waals surface area (Å²) < 4.78 is 39.5. The summed E-state index contributed by atoms with van der Waals surface area (Å²) >= 11 is 1.45. The van der Waals surface area contributed by atoms with E-state index in [4.69, 9.17) is 0 Å². The smallest absolute Gasteiger partial charge is 0.229 e. The second kappa shape index (κ2) is 11.2. The number of halogens is 1. The van der Waals surface area contributed by atoms with Gasteiger partial charge in [-0.1, -0.05) is 38.2 Å². The number of benzene rings is 2. The number of carbonyl (C=O) groups is 1. The number of aromatic nitrogens is 1. The van der Waals surface area contributed by atoms with E-state index in [0.717, 1.165) is 41.9 Å². The van der Waals surface area contributed by atoms with Crippen LogP contribution in [0.2, 0.25) is 0 Å². The van der Waals surface area contributed by atoms with Gasteiger partial charge in [-0.25, -0.2) is 17.8 Å². The Kier molecular flexibility index (Phi) is 8.56. The molecule has 0 radical (unpaired) electrons. The fourth-order valence-electron chi connectivity index (χ4n) is 3.52. The largest absolute Gasteiger partial charge is 0.302 e. The Labute approximate surface area is 199 Å². The van der Waals surface area contributed by atoms with Gasteiger partial charge in [0, 0.05) is 19.5 Å². The quantitative estimate of drug-likeness (QED) is 0.369. The van der Waals surface area contributed by atoms with Gasteiger partial charge in [0.1, 0.15) is 5.82 Å². The first-order chi connectivity index (χ1) is 15.8. The standard InChI is InChI=1S/C24H30FN3O3S2/c1-4-18-7-12-21-22(17-18)32-24(26-21)28(15-14-27(5-2)6-3)23(29)13-16-33(30,31)20-10-8-19(25)9-11-20/h7-12,17H,4-6,13-16H2,1-3H3. The van der Waals surface area contributed by atoms with Crippen LogP contribution < -0.4 is 4.90 Å². The fourth-order valence-corrected chi connectivity index (χ4v) is 5.82. The Hall–Kier alpha value is -2.36. The lowest BCUT2D eigenvalue weighted by molar-refractivity contribution is -0.118. The first-order valence-corrected chi connectivity index (χ1v) is 13.6. The Morgan fingerprint density at radius 1 is 1.03 bits per heavy atom. The molecule has 3 rings (SSSR count). The number of carbonyl (C=O) groups excluding carboxylic acids is 1. The van der Waals surface area contributed by atoms with Crippen LogP contribution in [0.15, 0.2) is 47.4 Å². The number of likely N-dealkylation sites (N-methyl/N-ethyl adjacent to an activating group) is 1. The molecule has 1 heterocycles. The molecular weight excluding hydrogens is 461 g/mol. The van der Waals surface area contributed by atoms with E-state index in [1.807, 2.05) is 12.1 Å². The van der Waals surface area contributed by atoms with Gasteiger partial charge >= 0.3 is 0 Å². The number of thiazole rings is 1. The van der Waals surface area contributed by atoms with E-state index >= 15 is 0 Å². The van der Waals surface area contributed by atoms with Crippen molar-refractivity contribution >= 4 is 42.4 Å². The Morgan fingerprint density at radius 3 is 2.36 bits per heavy atom. The van der Waals surface area contributed by atoms with Crippen molar-refractivity contribution in [2.45, 2.75) is 38.5 Å². The molecule has 0 unspecified atom stereocenters. The van der Waals surface area contributed by atoms with Crippen LogP contribution >= 0.6 is 11.3 Å². The zero-order valence-corrected chi connectivity index (χ0v) is 20.9. The maximum Gasteiger partial charge on any atom is 0.229 e. The molecule has 0 saturated heterocycles. The molecule has 1 aromatic heterocycles. The molecule has 9 heteroatoms. The van der Waals surface area contributed by atoms with Crippen LogP contribution in [0.4, 0.5) is 9.52 Å². The SMILES string of the molecule is CCc1ccc2nc(N(CCN(CC)CC)C(=O)CCS(=O)(=O)c3ccc(F)cc3)sc2c1. The third-order valence-electron chi connectivity index (χ3n) is 5.67. The van der Waals surface area contributed by atoms with Crippen molar-refractivity contribution in [3.05, 3.63) is 53.8 Å². The molecule has 0 spiro atoms. The molecule has 2 aromatic carbocycles. The monoisotopic (exact) mass is 491 g/mol. The summed E-state index contributed by atoms with van der Waals surface area (Å²) in [5.41, 5.74) is 2.02. The molecule has 6 nitrogen and oxygen atoms in total. The average Bonchev–Trinajstić information content (AvgIpc) is 3.23. The van der Waals surface area contributed by atoms with Gasteiger partial charge in [-0.15, -0.1) is 0 Å². The maximum atomic E-state index is 13.2. The molecule has 0 aliphatic carbocycles. The van der Waals surface area contributed by atoms with Crippen LogP contribution in [0, 0.1) is 5.82 Å². The highest BCUT2D eigenvalue weighted by Crippen LogP contribution is 2.30. The van der Waals surface area contributed by atoms with Crippen molar-refractivity contribution in [2.24, 2.45) is 0 Å². The molecular formula is C24H30FN3O3S2. The van der Waals surface area contributed by atoms with E-state index in [1.165, 1.54) is 29.0 Å². The number of sulfone groups is 1. The lowest BCUT2D eigenvalue weighted by Crippen LogP contribution is -2.39. The van der Waals surface area contributed by atoms with Gasteiger partial charge in [0.2, 0.25) is 5.91 Å². The summed E-state index contributed by atoms with van der Waals surface area (Å²) in [6.07, 6.45) is 0.739. The van der Waals surface area contributed by atoms with E-state index in [2.05, 4.69) is 36.7 Å². The lowest BCUT2D eigenvalue weighted by atomic mass is 10.2. The molecule has 0 saturated carbocycles. The van der Waals surface area contributed by atoms with Gasteiger partial charge in [-0.3, -0.25) is 9.69 Å². The van der Waals surface area contributed by atoms with E-state index in [9.17, 15) is 17.6 Å². The van der Waals surface area contributed by atoms with Gasteiger partial charge in [-0.05, 0) is 61.5 Å². The van der Waals surface area contributed by atoms with Crippen LogP contribution in [0.3, 0.4) is 0 Å². The molecule has 178 valence electrons. The van der Waals surface area contributed by atoms with Crippen LogP contribution in [0.25, 0.3) is 10.2 Å². The molecule has 1 amide bonds. The summed E-state index contributed by atoms with van der Waals surface area (Å²) in [5.74, 6) is -1.14. The van der Waals surface area contributed by atoms with Crippen molar-refractivity contribution in [2.75, 3.05) is 36.8 Å². The van der Waals surface area contributed by atoms with Gasteiger partial charge in [0.05, 0.1) is 20.9 Å². The molecule has 3 aromatic rings. The topological polar surface area (TPSA) is 70.6 Å². The molecule has 0 N–H and O–H groups in total. The number of rotatable bonds is 11. The zero-order valence-electron chi connectivity index (χ0n) is 19.3. The molecule has 33 heavy (non-hydrogen) atoms. The number of hydrogen-bond acceptors (Lipinski definition) is 6. The summed E-state index contributed by atoms with van der Waals surface area (Å²) in [5, 5.41) is 0.578. The summed E-state index contributed by atoms with van der Waals surface area (Å²) in [4.78, 5) is 21.7. The normalized spacial score (nSPS) is 11.9. The summed E-state index contributed by atoms with van der Waals surface area (Å²) in [7, 11) is -3.70. The first kappa shape index (κ1) is 25.3.